The number of hydrogen-bond donors (Lipinski definition) is 1. The number of carbonyl (C=O) groups excluding carboxylic acids is 1. The van der Waals surface area contributed by atoms with Gasteiger partial charge in [0.05, 0.1) is 25.6 Å². The highest BCUT2D eigenvalue weighted by Gasteiger charge is 2.21. The van der Waals surface area contributed by atoms with Crippen LogP contribution in [0.25, 0.3) is 0 Å². The fraction of sp³-hybridized carbons (Fsp3) is 0.174. The SMILES string of the molecule is COc1cccc(Oc2ccc(Cl)cc2NC(=O)CN(Cc2ccccc2)S(C)(=O)=O)c1. The molecular formula is C23H23ClN2O5S. The van der Waals surface area contributed by atoms with Crippen LogP contribution in [-0.2, 0) is 21.4 Å². The number of methoxy groups -OCH3 is 1. The number of carbonyl (C=O) groups is 1. The summed E-state index contributed by atoms with van der Waals surface area (Å²) >= 11 is 6.10. The van der Waals surface area contributed by atoms with Crippen molar-refractivity contribution in [2.45, 2.75) is 6.54 Å². The highest BCUT2D eigenvalue weighted by atomic mass is 35.5. The van der Waals surface area contributed by atoms with Gasteiger partial charge >= 0.3 is 0 Å². The van der Waals surface area contributed by atoms with Crippen LogP contribution in [0, 0.1) is 0 Å². The zero-order chi connectivity index (χ0) is 23.1. The van der Waals surface area contributed by atoms with Crippen LogP contribution in [0.4, 0.5) is 5.69 Å². The third kappa shape index (κ3) is 6.71. The summed E-state index contributed by atoms with van der Waals surface area (Å²) in [6, 6.07) is 20.8. The lowest BCUT2D eigenvalue weighted by atomic mass is 10.2. The molecule has 168 valence electrons. The summed E-state index contributed by atoms with van der Waals surface area (Å²) in [7, 11) is -2.07. The Morgan fingerprint density at radius 3 is 2.41 bits per heavy atom. The van der Waals surface area contributed by atoms with Gasteiger partial charge in [0.1, 0.15) is 11.5 Å². The van der Waals surface area contributed by atoms with E-state index < -0.39 is 15.9 Å². The summed E-state index contributed by atoms with van der Waals surface area (Å²) < 4.78 is 36.7. The van der Waals surface area contributed by atoms with Gasteiger partial charge in [0.25, 0.3) is 0 Å². The van der Waals surface area contributed by atoms with Crippen molar-refractivity contribution in [2.24, 2.45) is 0 Å². The van der Waals surface area contributed by atoms with Gasteiger partial charge < -0.3 is 14.8 Å². The molecular weight excluding hydrogens is 452 g/mol. The summed E-state index contributed by atoms with van der Waals surface area (Å²) in [5, 5.41) is 3.09. The van der Waals surface area contributed by atoms with E-state index in [1.165, 1.54) is 6.07 Å². The van der Waals surface area contributed by atoms with Gasteiger partial charge in [-0.1, -0.05) is 48.0 Å². The summed E-state index contributed by atoms with van der Waals surface area (Å²) in [6.07, 6.45) is 1.07. The van der Waals surface area contributed by atoms with E-state index in [4.69, 9.17) is 21.1 Å². The number of sulfonamides is 1. The van der Waals surface area contributed by atoms with Crippen molar-refractivity contribution in [2.75, 3.05) is 25.2 Å². The van der Waals surface area contributed by atoms with E-state index in [1.54, 1.807) is 55.6 Å². The van der Waals surface area contributed by atoms with Gasteiger partial charge in [0.2, 0.25) is 15.9 Å². The van der Waals surface area contributed by atoms with Crippen molar-refractivity contribution < 1.29 is 22.7 Å². The minimum absolute atomic E-state index is 0.0792. The average Bonchev–Trinajstić information content (AvgIpc) is 2.75. The Bertz CT molecular complexity index is 1190. The molecule has 1 amide bonds. The molecule has 0 aliphatic carbocycles. The van der Waals surface area contributed by atoms with Crippen LogP contribution >= 0.6 is 11.6 Å². The largest absolute Gasteiger partial charge is 0.497 e. The van der Waals surface area contributed by atoms with Crippen molar-refractivity contribution >= 4 is 33.2 Å². The minimum atomic E-state index is -3.62. The standard InChI is InChI=1S/C23H23ClN2O5S/c1-30-19-9-6-10-20(14-19)31-22-12-11-18(24)13-21(22)25-23(27)16-26(32(2,28)29)15-17-7-4-3-5-8-17/h3-14H,15-16H2,1-2H3,(H,25,27). The molecule has 0 atom stereocenters. The average molecular weight is 475 g/mol. The number of benzene rings is 3. The molecule has 32 heavy (non-hydrogen) atoms. The number of rotatable bonds is 9. The predicted octanol–water partition coefficient (Wildman–Crippen LogP) is 4.54. The minimum Gasteiger partial charge on any atom is -0.497 e. The van der Waals surface area contributed by atoms with E-state index >= 15 is 0 Å². The molecule has 0 aromatic heterocycles. The Balaban J connectivity index is 1.77. The third-order valence-electron chi connectivity index (χ3n) is 4.48. The monoisotopic (exact) mass is 474 g/mol. The highest BCUT2D eigenvalue weighted by Crippen LogP contribution is 2.33. The Morgan fingerprint density at radius 1 is 1.00 bits per heavy atom. The molecule has 3 aromatic carbocycles. The zero-order valence-electron chi connectivity index (χ0n) is 17.6. The lowest BCUT2D eigenvalue weighted by Gasteiger charge is -2.20. The molecule has 3 aromatic rings. The van der Waals surface area contributed by atoms with Crippen LogP contribution in [0.1, 0.15) is 5.56 Å². The van der Waals surface area contributed by atoms with Crippen molar-refractivity contribution in [1.29, 1.82) is 0 Å². The van der Waals surface area contributed by atoms with Crippen LogP contribution < -0.4 is 14.8 Å². The van der Waals surface area contributed by atoms with Gasteiger partial charge in [-0.3, -0.25) is 4.79 Å². The molecule has 0 aliphatic rings. The summed E-state index contributed by atoms with van der Waals surface area (Å²) in [5.41, 5.74) is 1.09. The highest BCUT2D eigenvalue weighted by molar-refractivity contribution is 7.88. The first-order chi connectivity index (χ1) is 15.2. The number of anilines is 1. The number of nitrogens with zero attached hydrogens (tertiary/aromatic N) is 1. The van der Waals surface area contributed by atoms with Gasteiger partial charge in [-0.2, -0.15) is 4.31 Å². The van der Waals surface area contributed by atoms with Gasteiger partial charge in [-0.25, -0.2) is 8.42 Å². The van der Waals surface area contributed by atoms with Crippen LogP contribution in [-0.4, -0.2) is 38.5 Å². The van der Waals surface area contributed by atoms with Gasteiger partial charge in [0, 0.05) is 17.6 Å². The fourth-order valence-corrected chi connectivity index (χ4v) is 3.82. The lowest BCUT2D eigenvalue weighted by Crippen LogP contribution is -2.36. The second-order valence-corrected chi connectivity index (χ2v) is 9.41. The zero-order valence-corrected chi connectivity index (χ0v) is 19.2. The van der Waals surface area contributed by atoms with Gasteiger partial charge in [-0.05, 0) is 35.9 Å². The first kappa shape index (κ1) is 23.6. The lowest BCUT2D eigenvalue weighted by molar-refractivity contribution is -0.116. The number of ether oxygens (including phenoxy) is 2. The van der Waals surface area contributed by atoms with E-state index in [1.807, 2.05) is 18.2 Å². The van der Waals surface area contributed by atoms with E-state index in [2.05, 4.69) is 5.32 Å². The van der Waals surface area contributed by atoms with Gasteiger partial charge in [0.15, 0.2) is 5.75 Å². The number of hydrogen-bond acceptors (Lipinski definition) is 5. The van der Waals surface area contributed by atoms with Gasteiger partial charge in [-0.15, -0.1) is 0 Å². The Hall–Kier alpha value is -3.07. The van der Waals surface area contributed by atoms with E-state index in [9.17, 15) is 13.2 Å². The molecule has 0 spiro atoms. The number of halogens is 1. The summed E-state index contributed by atoms with van der Waals surface area (Å²) in [4.78, 5) is 12.7. The van der Waals surface area contributed by atoms with Crippen molar-refractivity contribution in [3.8, 4) is 17.2 Å². The van der Waals surface area contributed by atoms with Crippen molar-refractivity contribution in [3.05, 3.63) is 83.4 Å². The maximum Gasteiger partial charge on any atom is 0.239 e. The maximum absolute atomic E-state index is 12.7. The molecule has 0 saturated heterocycles. The topological polar surface area (TPSA) is 84.9 Å². The number of nitrogens with one attached hydrogen (secondary N) is 1. The van der Waals surface area contributed by atoms with E-state index in [-0.39, 0.29) is 13.1 Å². The second kappa shape index (κ2) is 10.5. The van der Waals surface area contributed by atoms with Crippen LogP contribution in [0.3, 0.4) is 0 Å². The molecule has 0 radical (unpaired) electrons. The summed E-state index contributed by atoms with van der Waals surface area (Å²) in [5.74, 6) is 0.949. The first-order valence-corrected chi connectivity index (χ1v) is 11.9. The molecule has 0 aliphatic heterocycles. The first-order valence-electron chi connectivity index (χ1n) is 9.65. The molecule has 0 fully saturated rings. The molecule has 9 heteroatoms. The molecule has 3 rings (SSSR count). The smallest absolute Gasteiger partial charge is 0.239 e. The molecule has 1 N–H and O–H groups in total. The normalized spacial score (nSPS) is 11.2. The Morgan fingerprint density at radius 2 is 1.72 bits per heavy atom. The fourth-order valence-electron chi connectivity index (χ4n) is 2.91. The van der Waals surface area contributed by atoms with E-state index in [0.717, 1.165) is 16.1 Å². The van der Waals surface area contributed by atoms with Crippen LogP contribution in [0.2, 0.25) is 5.02 Å². The quantitative estimate of drug-likeness (QED) is 0.492. The Kier molecular flexibility index (Phi) is 7.74. The summed E-state index contributed by atoms with van der Waals surface area (Å²) in [6.45, 7) is -0.283. The second-order valence-electron chi connectivity index (χ2n) is 6.99. The molecule has 0 bridgehead atoms. The maximum atomic E-state index is 12.7. The van der Waals surface area contributed by atoms with Crippen LogP contribution in [0.15, 0.2) is 72.8 Å². The Labute approximate surface area is 192 Å². The molecule has 0 heterocycles. The molecule has 0 unspecified atom stereocenters. The van der Waals surface area contributed by atoms with E-state index in [0.29, 0.717) is 28.0 Å². The molecule has 7 nitrogen and oxygen atoms in total. The van der Waals surface area contributed by atoms with Crippen LogP contribution in [0.5, 0.6) is 17.2 Å². The number of amides is 1. The van der Waals surface area contributed by atoms with Crippen molar-refractivity contribution in [1.82, 2.24) is 4.31 Å². The predicted molar refractivity (Wildman–Crippen MR) is 125 cm³/mol. The molecule has 0 saturated carbocycles. The third-order valence-corrected chi connectivity index (χ3v) is 5.91. The van der Waals surface area contributed by atoms with Crippen molar-refractivity contribution in [3.63, 3.8) is 0 Å².